The standard InChI is InChI=1S/C22H23ClN4O4S.ClH/c1-25(2)11-6-12-26(21-24-19-17(30-3)10-9-14(23)20(19)32-21)18(28)13-27-15-7-4-5-8-16(15)31-22(27)29;/h4-5,7-10H,6,11-13H2,1-3H3;1H. The molecule has 0 aliphatic heterocycles. The van der Waals surface area contributed by atoms with Crippen LogP contribution in [0, 0.1) is 0 Å². The van der Waals surface area contributed by atoms with E-state index in [0.717, 1.165) is 17.7 Å². The molecule has 0 radical (unpaired) electrons. The molecule has 0 saturated carbocycles. The number of anilines is 1. The van der Waals surface area contributed by atoms with Crippen LogP contribution < -0.4 is 15.4 Å². The molecule has 0 fully saturated rings. The molecule has 176 valence electrons. The molecule has 4 rings (SSSR count). The molecule has 0 bridgehead atoms. The molecule has 2 heterocycles. The predicted molar refractivity (Wildman–Crippen MR) is 134 cm³/mol. The summed E-state index contributed by atoms with van der Waals surface area (Å²) in [4.78, 5) is 34.1. The third-order valence-corrected chi connectivity index (χ3v) is 6.59. The first-order valence-electron chi connectivity index (χ1n) is 10.1. The molecular formula is C22H24Cl2N4O4S. The van der Waals surface area contributed by atoms with E-state index in [0.29, 0.717) is 39.1 Å². The molecule has 0 saturated heterocycles. The van der Waals surface area contributed by atoms with Crippen LogP contribution in [-0.2, 0) is 11.3 Å². The van der Waals surface area contributed by atoms with Gasteiger partial charge >= 0.3 is 5.76 Å². The molecule has 2 aromatic carbocycles. The highest BCUT2D eigenvalue weighted by Gasteiger charge is 2.24. The first-order valence-corrected chi connectivity index (χ1v) is 11.2. The second-order valence-electron chi connectivity index (χ2n) is 7.55. The largest absolute Gasteiger partial charge is 0.494 e. The Labute approximate surface area is 205 Å². The van der Waals surface area contributed by atoms with Crippen LogP contribution in [0.15, 0.2) is 45.6 Å². The van der Waals surface area contributed by atoms with Crippen molar-refractivity contribution in [2.45, 2.75) is 13.0 Å². The number of halogens is 2. The fraction of sp³-hybridized carbons (Fsp3) is 0.318. The van der Waals surface area contributed by atoms with Gasteiger partial charge in [-0.15, -0.1) is 12.4 Å². The third kappa shape index (κ3) is 5.16. The number of carbonyl (C=O) groups excluding carboxylic acids is 1. The third-order valence-electron chi connectivity index (χ3n) is 5.05. The van der Waals surface area contributed by atoms with Crippen molar-refractivity contribution >= 4 is 67.7 Å². The van der Waals surface area contributed by atoms with Crippen molar-refractivity contribution in [1.82, 2.24) is 14.5 Å². The number of hydrogen-bond donors (Lipinski definition) is 0. The van der Waals surface area contributed by atoms with E-state index < -0.39 is 5.76 Å². The predicted octanol–water partition coefficient (Wildman–Crippen LogP) is 4.27. The van der Waals surface area contributed by atoms with Gasteiger partial charge in [0.15, 0.2) is 10.7 Å². The summed E-state index contributed by atoms with van der Waals surface area (Å²) in [5, 5.41) is 1.05. The fourth-order valence-corrected chi connectivity index (χ4v) is 4.78. The summed E-state index contributed by atoms with van der Waals surface area (Å²) in [5.41, 5.74) is 1.63. The van der Waals surface area contributed by atoms with Gasteiger partial charge < -0.3 is 14.1 Å². The Morgan fingerprint density at radius 2 is 1.97 bits per heavy atom. The second-order valence-corrected chi connectivity index (χ2v) is 8.93. The Balaban J connectivity index is 0.00000306. The summed E-state index contributed by atoms with van der Waals surface area (Å²) in [6, 6.07) is 10.5. The van der Waals surface area contributed by atoms with Gasteiger partial charge in [-0.2, -0.15) is 0 Å². The summed E-state index contributed by atoms with van der Waals surface area (Å²) in [7, 11) is 5.52. The summed E-state index contributed by atoms with van der Waals surface area (Å²) in [6.07, 6.45) is 0.737. The second kappa shape index (κ2) is 10.6. The molecular weight excluding hydrogens is 487 g/mol. The Hall–Kier alpha value is -2.59. The van der Waals surface area contributed by atoms with E-state index in [9.17, 15) is 9.59 Å². The van der Waals surface area contributed by atoms with E-state index >= 15 is 0 Å². The topological polar surface area (TPSA) is 80.8 Å². The summed E-state index contributed by atoms with van der Waals surface area (Å²) in [5.74, 6) is -0.238. The quantitative estimate of drug-likeness (QED) is 0.352. The van der Waals surface area contributed by atoms with Crippen LogP contribution in [0.1, 0.15) is 6.42 Å². The van der Waals surface area contributed by atoms with Crippen molar-refractivity contribution in [1.29, 1.82) is 0 Å². The normalized spacial score (nSPS) is 11.2. The molecule has 0 N–H and O–H groups in total. The molecule has 4 aromatic rings. The highest BCUT2D eigenvalue weighted by molar-refractivity contribution is 7.23. The van der Waals surface area contributed by atoms with Gasteiger partial charge in [0.1, 0.15) is 17.8 Å². The van der Waals surface area contributed by atoms with Crippen LogP contribution in [0.25, 0.3) is 21.3 Å². The molecule has 0 atom stereocenters. The maximum absolute atomic E-state index is 13.4. The van der Waals surface area contributed by atoms with Crippen molar-refractivity contribution in [2.75, 3.05) is 39.2 Å². The lowest BCUT2D eigenvalue weighted by Gasteiger charge is -2.21. The number of nitrogens with zero attached hydrogens (tertiary/aromatic N) is 4. The Morgan fingerprint density at radius 3 is 2.70 bits per heavy atom. The highest BCUT2D eigenvalue weighted by Crippen LogP contribution is 2.38. The van der Waals surface area contributed by atoms with Crippen molar-refractivity contribution < 1.29 is 13.9 Å². The number of carbonyl (C=O) groups is 1. The van der Waals surface area contributed by atoms with Gasteiger partial charge in [0.25, 0.3) is 0 Å². The molecule has 33 heavy (non-hydrogen) atoms. The van der Waals surface area contributed by atoms with Gasteiger partial charge in [0, 0.05) is 6.54 Å². The Morgan fingerprint density at radius 1 is 1.21 bits per heavy atom. The summed E-state index contributed by atoms with van der Waals surface area (Å²) >= 11 is 7.70. The monoisotopic (exact) mass is 510 g/mol. The van der Waals surface area contributed by atoms with Crippen LogP contribution >= 0.6 is 35.3 Å². The van der Waals surface area contributed by atoms with Crippen molar-refractivity contribution in [2.24, 2.45) is 0 Å². The maximum Gasteiger partial charge on any atom is 0.420 e. The first kappa shape index (κ1) is 25.0. The molecule has 8 nitrogen and oxygen atoms in total. The smallest absolute Gasteiger partial charge is 0.420 e. The number of thiazole rings is 1. The molecule has 2 aromatic heterocycles. The molecule has 11 heteroatoms. The lowest BCUT2D eigenvalue weighted by atomic mass is 10.3. The molecule has 0 spiro atoms. The van der Waals surface area contributed by atoms with E-state index in [-0.39, 0.29) is 24.9 Å². The summed E-state index contributed by atoms with van der Waals surface area (Å²) < 4.78 is 12.8. The van der Waals surface area contributed by atoms with Crippen molar-refractivity contribution in [3.63, 3.8) is 0 Å². The van der Waals surface area contributed by atoms with Gasteiger partial charge in [-0.05, 0) is 51.3 Å². The van der Waals surface area contributed by atoms with Crippen LogP contribution in [0.2, 0.25) is 5.02 Å². The number of hydrogen-bond acceptors (Lipinski definition) is 7. The minimum atomic E-state index is -0.568. The lowest BCUT2D eigenvalue weighted by molar-refractivity contribution is -0.119. The Bertz CT molecular complexity index is 1330. The average Bonchev–Trinajstić information content (AvgIpc) is 3.34. The van der Waals surface area contributed by atoms with Crippen LogP contribution in [0.5, 0.6) is 5.75 Å². The number of aromatic nitrogens is 2. The number of para-hydroxylation sites is 2. The molecule has 1 amide bonds. The van der Waals surface area contributed by atoms with Crippen LogP contribution in [-0.4, -0.2) is 54.7 Å². The zero-order valence-electron chi connectivity index (χ0n) is 18.4. The van der Waals surface area contributed by atoms with Gasteiger partial charge in [-0.3, -0.25) is 14.3 Å². The van der Waals surface area contributed by atoms with E-state index in [2.05, 4.69) is 9.88 Å². The maximum atomic E-state index is 13.4. The number of oxazole rings is 1. The van der Waals surface area contributed by atoms with Crippen molar-refractivity contribution in [3.05, 3.63) is 52.0 Å². The van der Waals surface area contributed by atoms with Crippen LogP contribution in [0.4, 0.5) is 5.13 Å². The zero-order valence-corrected chi connectivity index (χ0v) is 20.8. The minimum absolute atomic E-state index is 0. The van der Waals surface area contributed by atoms with E-state index in [4.69, 9.17) is 20.8 Å². The number of methoxy groups -OCH3 is 1. The van der Waals surface area contributed by atoms with E-state index in [1.54, 1.807) is 48.4 Å². The van der Waals surface area contributed by atoms with Crippen LogP contribution in [0.3, 0.4) is 0 Å². The minimum Gasteiger partial charge on any atom is -0.494 e. The average molecular weight is 511 g/mol. The van der Waals surface area contributed by atoms with E-state index in [1.807, 2.05) is 14.1 Å². The zero-order chi connectivity index (χ0) is 22.8. The number of fused-ring (bicyclic) bond motifs is 2. The number of benzene rings is 2. The molecule has 0 aliphatic carbocycles. The van der Waals surface area contributed by atoms with Crippen molar-refractivity contribution in [3.8, 4) is 5.75 Å². The molecule has 0 unspecified atom stereocenters. The number of ether oxygens (including phenoxy) is 1. The molecule has 0 aliphatic rings. The van der Waals surface area contributed by atoms with Gasteiger partial charge in [0.2, 0.25) is 5.91 Å². The first-order chi connectivity index (χ1) is 15.4. The SMILES string of the molecule is COc1ccc(Cl)c2sc(N(CCCN(C)C)C(=O)Cn3c(=O)oc4ccccc43)nc12.Cl. The van der Waals surface area contributed by atoms with Gasteiger partial charge in [-0.25, -0.2) is 9.78 Å². The highest BCUT2D eigenvalue weighted by atomic mass is 35.5. The van der Waals surface area contributed by atoms with Gasteiger partial charge in [-0.1, -0.05) is 35.1 Å². The van der Waals surface area contributed by atoms with E-state index in [1.165, 1.54) is 15.9 Å². The number of rotatable bonds is 8. The number of amides is 1. The Kier molecular flexibility index (Phi) is 8.01. The fourth-order valence-electron chi connectivity index (χ4n) is 3.48. The summed E-state index contributed by atoms with van der Waals surface area (Å²) in [6.45, 7) is 1.09. The van der Waals surface area contributed by atoms with Gasteiger partial charge in [0.05, 0.1) is 22.3 Å². The lowest BCUT2D eigenvalue weighted by Crippen LogP contribution is -2.37.